The first-order valence-electron chi connectivity index (χ1n) is 17.9. The zero-order chi connectivity index (χ0) is 33.4. The summed E-state index contributed by atoms with van der Waals surface area (Å²) in [5.41, 5.74) is 7.94. The van der Waals surface area contributed by atoms with Crippen LogP contribution in [-0.4, -0.2) is 19.9 Å². The Balaban J connectivity index is 1.32. The molecule has 0 spiro atoms. The van der Waals surface area contributed by atoms with Crippen LogP contribution in [0.5, 0.6) is 0 Å². The van der Waals surface area contributed by atoms with Crippen molar-refractivity contribution in [3.05, 3.63) is 132 Å². The lowest BCUT2D eigenvalue weighted by atomic mass is 9.89. The first-order valence-corrected chi connectivity index (χ1v) is 17.9. The Kier molecular flexibility index (Phi) is 4.29. The Morgan fingerprint density at radius 3 is 1.44 bits per heavy atom. The highest BCUT2D eigenvalue weighted by Gasteiger charge is 2.29. The van der Waals surface area contributed by atoms with Crippen LogP contribution in [0.1, 0.15) is 22.8 Å². The van der Waals surface area contributed by atoms with Crippen LogP contribution >= 0.6 is 0 Å². The van der Waals surface area contributed by atoms with Crippen LogP contribution in [0.2, 0.25) is 0 Å². The molecule has 9 aromatic carbocycles. The number of nitrogens with zero attached hydrogens (tertiary/aromatic N) is 2. The van der Waals surface area contributed by atoms with E-state index in [-0.39, 0.29) is 0 Å². The highest BCUT2D eigenvalue weighted by molar-refractivity contribution is 6.57. The monoisotopic (exact) mass is 656 g/mol. The molecular formula is C48H24N4. The van der Waals surface area contributed by atoms with Gasteiger partial charge in [0.15, 0.2) is 0 Å². The lowest BCUT2D eigenvalue weighted by molar-refractivity contribution is 1.32. The van der Waals surface area contributed by atoms with E-state index in [1.807, 2.05) is 0 Å². The van der Waals surface area contributed by atoms with E-state index >= 15 is 0 Å². The molecule has 8 bridgehead atoms. The Labute approximate surface area is 294 Å². The van der Waals surface area contributed by atoms with Gasteiger partial charge in [-0.15, -0.1) is 0 Å². The summed E-state index contributed by atoms with van der Waals surface area (Å²) in [5.74, 6) is 0. The molecule has 2 N–H and O–H groups in total. The second-order valence-electron chi connectivity index (χ2n) is 14.7. The molecule has 2 aliphatic heterocycles. The third kappa shape index (κ3) is 2.96. The largest absolute Gasteiger partial charge is 0.355 e. The van der Waals surface area contributed by atoms with Crippen molar-refractivity contribution >= 4 is 143 Å². The Hall–Kier alpha value is -7.04. The minimum atomic E-state index is 0.927. The third-order valence-corrected chi connectivity index (χ3v) is 12.0. The second-order valence-corrected chi connectivity index (χ2v) is 14.7. The van der Waals surface area contributed by atoms with Gasteiger partial charge >= 0.3 is 0 Å². The number of hydrogen-bond donors (Lipinski definition) is 2. The number of nitrogens with one attached hydrogen (secondary N) is 2. The highest BCUT2D eigenvalue weighted by atomic mass is 14.8. The highest BCUT2D eigenvalue weighted by Crippen LogP contribution is 2.57. The average molecular weight is 657 g/mol. The topological polar surface area (TPSA) is 57.4 Å². The summed E-state index contributed by atoms with van der Waals surface area (Å²) < 4.78 is 0. The first kappa shape index (κ1) is 25.9. The standard InChI is InChI=1S/C48H24N4/c1-2-6-30-29(5-1)33-14-15-35-31-7-3-4-8-32(31)41-45-37-22-28-21-26-12-11-24(50-26)19-23-9-10-25(49-23)20-27-13-18-38(51-27)46(48(37)52-28)43(45)36-17-16-34(30)40-39(33)42(35)47(41)44(36)40/h1-22,49,52H. The maximum absolute atomic E-state index is 5.33. The van der Waals surface area contributed by atoms with Gasteiger partial charge in [0.2, 0.25) is 0 Å². The molecule has 4 heteroatoms. The van der Waals surface area contributed by atoms with Gasteiger partial charge in [-0.2, -0.15) is 0 Å². The van der Waals surface area contributed by atoms with Crippen molar-refractivity contribution in [1.29, 1.82) is 0 Å². The van der Waals surface area contributed by atoms with Gasteiger partial charge < -0.3 is 9.97 Å². The summed E-state index contributed by atoms with van der Waals surface area (Å²) in [6.45, 7) is 0. The van der Waals surface area contributed by atoms with E-state index in [4.69, 9.17) is 9.97 Å². The fourth-order valence-corrected chi connectivity index (χ4v) is 10.1. The van der Waals surface area contributed by atoms with Crippen molar-refractivity contribution in [2.75, 3.05) is 0 Å². The number of fused-ring (bicyclic) bond motifs is 19. The van der Waals surface area contributed by atoms with E-state index in [2.05, 4.69) is 143 Å². The predicted molar refractivity (Wildman–Crippen MR) is 221 cm³/mol. The fraction of sp³-hybridized carbons (Fsp3) is 0. The molecule has 0 atom stereocenters. The molecule has 3 aromatic heterocycles. The van der Waals surface area contributed by atoms with Crippen LogP contribution in [0.4, 0.5) is 0 Å². The molecule has 14 rings (SSSR count). The van der Waals surface area contributed by atoms with Gasteiger partial charge in [-0.05, 0) is 136 Å². The molecule has 12 aromatic rings. The number of rotatable bonds is 0. The van der Waals surface area contributed by atoms with Gasteiger partial charge in [-0.3, -0.25) is 0 Å². The van der Waals surface area contributed by atoms with Crippen LogP contribution in [0.15, 0.2) is 109 Å². The summed E-state index contributed by atoms with van der Waals surface area (Å²) in [5, 5.41) is 23.7. The van der Waals surface area contributed by atoms with E-state index in [0.29, 0.717) is 0 Å². The van der Waals surface area contributed by atoms with Crippen LogP contribution in [0.25, 0.3) is 143 Å². The minimum absolute atomic E-state index is 0.927. The van der Waals surface area contributed by atoms with Gasteiger partial charge in [0.05, 0.1) is 28.3 Å². The van der Waals surface area contributed by atoms with Gasteiger partial charge in [0.1, 0.15) is 0 Å². The van der Waals surface area contributed by atoms with E-state index < -0.39 is 0 Å². The summed E-state index contributed by atoms with van der Waals surface area (Å²) in [4.78, 5) is 17.7. The molecule has 0 fully saturated rings. The van der Waals surface area contributed by atoms with Crippen molar-refractivity contribution in [3.8, 4) is 0 Å². The van der Waals surface area contributed by atoms with Crippen LogP contribution in [-0.2, 0) is 0 Å². The maximum Gasteiger partial charge on any atom is 0.0737 e. The Morgan fingerprint density at radius 1 is 0.308 bits per heavy atom. The molecular weight excluding hydrogens is 633 g/mol. The zero-order valence-corrected chi connectivity index (χ0v) is 27.6. The number of benzene rings is 7. The third-order valence-electron chi connectivity index (χ3n) is 12.0. The average Bonchev–Trinajstić information content (AvgIpc) is 4.03. The molecule has 0 unspecified atom stereocenters. The van der Waals surface area contributed by atoms with E-state index in [1.54, 1.807) is 0 Å². The van der Waals surface area contributed by atoms with E-state index in [9.17, 15) is 0 Å². The van der Waals surface area contributed by atoms with Gasteiger partial charge in [0, 0.05) is 38.1 Å². The summed E-state index contributed by atoms with van der Waals surface area (Å²) in [6, 6.07) is 40.4. The summed E-state index contributed by atoms with van der Waals surface area (Å²) in [6.07, 6.45) is 8.51. The fourth-order valence-electron chi connectivity index (χ4n) is 10.1. The van der Waals surface area contributed by atoms with Crippen molar-refractivity contribution < 1.29 is 0 Å². The maximum atomic E-state index is 5.33. The molecule has 236 valence electrons. The van der Waals surface area contributed by atoms with Crippen molar-refractivity contribution in [2.24, 2.45) is 0 Å². The lowest BCUT2D eigenvalue weighted by Crippen LogP contribution is -1.85. The molecule has 0 saturated heterocycles. The van der Waals surface area contributed by atoms with Gasteiger partial charge in [0.25, 0.3) is 0 Å². The normalized spacial score (nSPS) is 13.6. The minimum Gasteiger partial charge on any atom is -0.355 e. The lowest BCUT2D eigenvalue weighted by Gasteiger charge is -2.13. The zero-order valence-electron chi connectivity index (χ0n) is 27.6. The Bertz CT molecular complexity index is 3800. The van der Waals surface area contributed by atoms with E-state index in [0.717, 1.165) is 50.2 Å². The quantitative estimate of drug-likeness (QED) is 0.160. The second kappa shape index (κ2) is 8.63. The molecule has 0 amide bonds. The summed E-state index contributed by atoms with van der Waals surface area (Å²) in [7, 11) is 0. The first-order chi connectivity index (χ1) is 25.7. The van der Waals surface area contributed by atoms with Gasteiger partial charge in [-0.1, -0.05) is 72.8 Å². The van der Waals surface area contributed by atoms with Crippen molar-refractivity contribution in [3.63, 3.8) is 0 Å². The van der Waals surface area contributed by atoms with Gasteiger partial charge in [-0.25, -0.2) is 9.97 Å². The Morgan fingerprint density at radius 2 is 0.769 bits per heavy atom. The molecule has 5 heterocycles. The van der Waals surface area contributed by atoms with Crippen LogP contribution in [0, 0.1) is 0 Å². The molecule has 0 aliphatic carbocycles. The van der Waals surface area contributed by atoms with Crippen LogP contribution in [0.3, 0.4) is 0 Å². The number of hydrogen-bond acceptors (Lipinski definition) is 2. The van der Waals surface area contributed by atoms with Crippen molar-refractivity contribution in [2.45, 2.75) is 0 Å². The van der Waals surface area contributed by atoms with Crippen LogP contribution < -0.4 is 0 Å². The van der Waals surface area contributed by atoms with E-state index in [1.165, 1.54) is 91.6 Å². The molecule has 4 nitrogen and oxygen atoms in total. The molecule has 52 heavy (non-hydrogen) atoms. The number of aromatic amines is 2. The number of H-pyrrole nitrogens is 2. The SMILES string of the molecule is C1=Cc2cc3cc4c([nH]3)c(c3nc(cc5ccc(cc1n2)[nH]5)C=C3)c1c2ccc3c5ccccc5c5ccc6c7ccccc7c(c41)c1c6c5c3c21. The predicted octanol–water partition coefficient (Wildman–Crippen LogP) is 12.8. The molecule has 0 saturated carbocycles. The van der Waals surface area contributed by atoms with Crippen molar-refractivity contribution in [1.82, 2.24) is 19.9 Å². The summed E-state index contributed by atoms with van der Waals surface area (Å²) >= 11 is 0. The molecule has 0 radical (unpaired) electrons. The smallest absolute Gasteiger partial charge is 0.0737 e. The molecule has 2 aliphatic rings. The number of aromatic nitrogens is 4.